The first-order valence-corrected chi connectivity index (χ1v) is 7.00. The van der Waals surface area contributed by atoms with Crippen molar-refractivity contribution in [2.45, 2.75) is 41.5 Å². The molecule has 0 saturated carbocycles. The van der Waals surface area contributed by atoms with Gasteiger partial charge < -0.3 is 0 Å². The van der Waals surface area contributed by atoms with Gasteiger partial charge >= 0.3 is 0 Å². The second-order valence-corrected chi connectivity index (χ2v) is 3.43. The third-order valence-electron chi connectivity index (χ3n) is 2.51. The molecule has 0 bridgehead atoms. The quantitative estimate of drug-likeness (QED) is 0.696. The van der Waals surface area contributed by atoms with Gasteiger partial charge in [-0.15, -0.1) is 0 Å². The Kier molecular flexibility index (Phi) is 11.1. The van der Waals surface area contributed by atoms with Crippen LogP contribution in [0.25, 0.3) is 0 Å². The van der Waals surface area contributed by atoms with Crippen molar-refractivity contribution in [2.24, 2.45) is 0 Å². The second-order valence-electron chi connectivity index (χ2n) is 3.43. The van der Waals surface area contributed by atoms with Crippen LogP contribution in [0.1, 0.15) is 41.5 Å². The molecular weight excluding hydrogens is 248 g/mol. The fourth-order valence-electron chi connectivity index (χ4n) is 1.66. The third-order valence-corrected chi connectivity index (χ3v) is 2.51. The molecule has 2 nitrogen and oxygen atoms in total. The van der Waals surface area contributed by atoms with Gasteiger partial charge in [0.05, 0.1) is 0 Å². The van der Waals surface area contributed by atoms with E-state index in [1.165, 1.54) is 12.2 Å². The van der Waals surface area contributed by atoms with Gasteiger partial charge in [-0.2, -0.15) is 0 Å². The molecule has 0 radical (unpaired) electrons. The van der Waals surface area contributed by atoms with Gasteiger partial charge in [0.2, 0.25) is 0 Å². The van der Waals surface area contributed by atoms with E-state index in [2.05, 4.69) is 13.2 Å². The first-order chi connectivity index (χ1) is 9.58. The summed E-state index contributed by atoms with van der Waals surface area (Å²) in [6.07, 6.45) is 6.22. The molecule has 0 N–H and O–H groups in total. The topological polar surface area (TPSA) is 34.1 Å². The van der Waals surface area contributed by atoms with Crippen LogP contribution in [0, 0.1) is 0 Å². The van der Waals surface area contributed by atoms with E-state index in [1.54, 1.807) is 26.0 Å². The molecule has 110 valence electrons. The van der Waals surface area contributed by atoms with Crippen LogP contribution in [-0.2, 0) is 9.59 Å². The molecule has 1 aliphatic rings. The van der Waals surface area contributed by atoms with Crippen LogP contribution >= 0.6 is 0 Å². The Morgan fingerprint density at radius 1 is 0.800 bits per heavy atom. The van der Waals surface area contributed by atoms with E-state index in [1.807, 2.05) is 27.7 Å². The Morgan fingerprint density at radius 2 is 1.25 bits per heavy atom. The van der Waals surface area contributed by atoms with Crippen LogP contribution in [-0.4, -0.2) is 11.6 Å². The maximum absolute atomic E-state index is 12.0. The van der Waals surface area contributed by atoms with Crippen LogP contribution in [0.15, 0.2) is 59.8 Å². The van der Waals surface area contributed by atoms with Crippen molar-refractivity contribution in [3.8, 4) is 0 Å². The number of Topliss-reactive ketones (excluding diaryl/α,β-unsaturated/α-hetero) is 2. The Hall–Kier alpha value is -1.96. The number of hydrogen-bond acceptors (Lipinski definition) is 2. The summed E-state index contributed by atoms with van der Waals surface area (Å²) in [6, 6.07) is 0. The lowest BCUT2D eigenvalue weighted by Gasteiger charge is -2.16. The molecule has 0 heterocycles. The standard InChI is InChI=1S/C14H14O2.2C2H6/c1-5-8-12-11(7-3)14(16)10(6-2)9(4)13(12)15;2*1-2/h5-8H,2-3H2,1,4H3;2*1-2H3/b8-5-;;. The minimum Gasteiger partial charge on any atom is -0.289 e. The second kappa shape index (κ2) is 10.9. The largest absolute Gasteiger partial charge is 0.289 e. The van der Waals surface area contributed by atoms with Crippen molar-refractivity contribution in [1.82, 2.24) is 0 Å². The lowest BCUT2D eigenvalue weighted by molar-refractivity contribution is -0.115. The number of ketones is 2. The molecule has 1 rings (SSSR count). The Bertz CT molecular complexity index is 472. The van der Waals surface area contributed by atoms with Gasteiger partial charge in [0.1, 0.15) is 0 Å². The third kappa shape index (κ3) is 4.30. The van der Waals surface area contributed by atoms with Crippen LogP contribution < -0.4 is 0 Å². The van der Waals surface area contributed by atoms with Crippen molar-refractivity contribution in [3.63, 3.8) is 0 Å². The highest BCUT2D eigenvalue weighted by molar-refractivity contribution is 6.28. The summed E-state index contributed by atoms with van der Waals surface area (Å²) < 4.78 is 0. The number of hydrogen-bond donors (Lipinski definition) is 0. The summed E-state index contributed by atoms with van der Waals surface area (Å²) >= 11 is 0. The van der Waals surface area contributed by atoms with Gasteiger partial charge in [0.25, 0.3) is 0 Å². The molecule has 0 unspecified atom stereocenters. The van der Waals surface area contributed by atoms with Crippen LogP contribution in [0.3, 0.4) is 0 Å². The molecule has 0 aliphatic heterocycles. The lowest BCUT2D eigenvalue weighted by atomic mass is 9.84. The van der Waals surface area contributed by atoms with E-state index in [-0.39, 0.29) is 11.6 Å². The monoisotopic (exact) mass is 274 g/mol. The van der Waals surface area contributed by atoms with Crippen molar-refractivity contribution in [1.29, 1.82) is 0 Å². The van der Waals surface area contributed by atoms with Crippen molar-refractivity contribution in [2.75, 3.05) is 0 Å². The molecule has 2 heteroatoms. The first kappa shape index (κ1) is 20.4. The lowest BCUT2D eigenvalue weighted by Crippen LogP contribution is -2.20. The van der Waals surface area contributed by atoms with E-state index < -0.39 is 0 Å². The summed E-state index contributed by atoms with van der Waals surface area (Å²) in [6.45, 7) is 18.6. The molecule has 0 fully saturated rings. The van der Waals surface area contributed by atoms with Crippen LogP contribution in [0.2, 0.25) is 0 Å². The summed E-state index contributed by atoms with van der Waals surface area (Å²) in [5.41, 5.74) is 1.57. The number of carbonyl (C=O) groups is 2. The molecule has 0 aromatic carbocycles. The number of carbonyl (C=O) groups excluding carboxylic acids is 2. The molecule has 0 spiro atoms. The average molecular weight is 274 g/mol. The first-order valence-electron chi connectivity index (χ1n) is 7.00. The van der Waals surface area contributed by atoms with E-state index in [0.717, 1.165) is 0 Å². The van der Waals surface area contributed by atoms with E-state index in [9.17, 15) is 9.59 Å². The van der Waals surface area contributed by atoms with Gasteiger partial charge in [-0.3, -0.25) is 9.59 Å². The van der Waals surface area contributed by atoms with Gasteiger partial charge in [-0.1, -0.05) is 65.2 Å². The van der Waals surface area contributed by atoms with Gasteiger partial charge in [0, 0.05) is 22.3 Å². The Morgan fingerprint density at radius 3 is 1.60 bits per heavy atom. The zero-order valence-corrected chi connectivity index (χ0v) is 13.5. The summed E-state index contributed by atoms with van der Waals surface area (Å²) in [7, 11) is 0. The minimum absolute atomic E-state index is 0.137. The minimum atomic E-state index is -0.185. The Labute approximate surface area is 123 Å². The highest BCUT2D eigenvalue weighted by Gasteiger charge is 2.27. The van der Waals surface area contributed by atoms with E-state index in [4.69, 9.17) is 0 Å². The van der Waals surface area contributed by atoms with Crippen LogP contribution in [0.5, 0.6) is 0 Å². The van der Waals surface area contributed by atoms with Crippen molar-refractivity contribution in [3.05, 3.63) is 59.8 Å². The predicted octanol–water partition coefficient (Wildman–Crippen LogP) is 4.75. The molecule has 0 amide bonds. The van der Waals surface area contributed by atoms with E-state index in [0.29, 0.717) is 22.3 Å². The summed E-state index contributed by atoms with van der Waals surface area (Å²) in [5.74, 6) is -0.322. The zero-order chi connectivity index (χ0) is 16.3. The highest BCUT2D eigenvalue weighted by Crippen LogP contribution is 2.26. The summed E-state index contributed by atoms with van der Waals surface area (Å²) in [4.78, 5) is 24.0. The smallest absolute Gasteiger partial charge is 0.194 e. The van der Waals surface area contributed by atoms with Gasteiger partial charge in [-0.25, -0.2) is 0 Å². The normalized spacial score (nSPS) is 14.5. The van der Waals surface area contributed by atoms with Crippen LogP contribution in [0.4, 0.5) is 0 Å². The maximum Gasteiger partial charge on any atom is 0.194 e. The molecule has 0 saturated heterocycles. The molecule has 1 aliphatic carbocycles. The molecular formula is C18H26O2. The SMILES string of the molecule is C=CC1=C(C)C(=O)C(/C=C\C)=C(C=C)C1=O.CC.CC. The molecule has 0 aromatic rings. The fraction of sp³-hybridized carbons (Fsp3) is 0.333. The predicted molar refractivity (Wildman–Crippen MR) is 87.6 cm³/mol. The summed E-state index contributed by atoms with van der Waals surface area (Å²) in [5, 5.41) is 0. The molecule has 0 aromatic heterocycles. The van der Waals surface area contributed by atoms with E-state index >= 15 is 0 Å². The molecule has 0 atom stereocenters. The fourth-order valence-corrected chi connectivity index (χ4v) is 1.66. The average Bonchev–Trinajstić information content (AvgIpc) is 2.50. The highest BCUT2D eigenvalue weighted by atomic mass is 16.1. The number of allylic oxidation sites excluding steroid dienone is 8. The zero-order valence-electron chi connectivity index (χ0n) is 13.5. The van der Waals surface area contributed by atoms with Gasteiger partial charge in [0.15, 0.2) is 11.6 Å². The van der Waals surface area contributed by atoms with Gasteiger partial charge in [-0.05, 0) is 13.8 Å². The maximum atomic E-state index is 12.0. The molecule has 20 heavy (non-hydrogen) atoms. The van der Waals surface area contributed by atoms with Crippen molar-refractivity contribution >= 4 is 11.6 Å². The number of rotatable bonds is 3. The van der Waals surface area contributed by atoms with Crippen molar-refractivity contribution < 1.29 is 9.59 Å². The Balaban J connectivity index is 0.